The lowest BCUT2D eigenvalue weighted by atomic mass is 9.49. The SMILES string of the molecule is COc1ccc([C@H]2C3=CC[C@@H]4C(=O)N(c5ccc(Br)cc5)C(=O)[C@@H]4[C@@H]3C[C@H]3C(=O)N(Nc4ccc(F)cc4)C(=O)[C@@]23c2ccc(Cl)cc2)cc1O. The second-order valence-corrected chi connectivity index (χ2v) is 14.6. The van der Waals surface area contributed by atoms with Gasteiger partial charge in [0.15, 0.2) is 11.5 Å². The minimum absolute atomic E-state index is 0.0909. The number of ether oxygens (including phenoxy) is 1. The molecule has 4 aromatic carbocycles. The van der Waals surface area contributed by atoms with Gasteiger partial charge in [-0.2, -0.15) is 5.01 Å². The molecule has 2 N–H and O–H groups in total. The van der Waals surface area contributed by atoms with E-state index in [2.05, 4.69) is 21.4 Å². The Kier molecular flexibility index (Phi) is 8.03. The van der Waals surface area contributed by atoms with E-state index >= 15 is 4.79 Å². The van der Waals surface area contributed by atoms with Gasteiger partial charge in [0.25, 0.3) is 11.8 Å². The number of benzene rings is 4. The van der Waals surface area contributed by atoms with Crippen LogP contribution in [0, 0.1) is 29.5 Å². The van der Waals surface area contributed by atoms with Crippen LogP contribution in [0.3, 0.4) is 0 Å². The second-order valence-electron chi connectivity index (χ2n) is 13.3. The van der Waals surface area contributed by atoms with Crippen molar-refractivity contribution >= 4 is 62.5 Å². The van der Waals surface area contributed by atoms with Gasteiger partial charge in [0.05, 0.1) is 41.7 Å². The summed E-state index contributed by atoms with van der Waals surface area (Å²) in [5.74, 6) is -6.13. The van der Waals surface area contributed by atoms with Gasteiger partial charge in [0.2, 0.25) is 11.8 Å². The number of hydrogen-bond donors (Lipinski definition) is 2. The molecule has 12 heteroatoms. The lowest BCUT2D eigenvalue weighted by molar-refractivity contribution is -0.138. The molecule has 8 rings (SSSR count). The molecule has 2 aliphatic carbocycles. The Morgan fingerprint density at radius 3 is 2.27 bits per heavy atom. The summed E-state index contributed by atoms with van der Waals surface area (Å²) in [5.41, 5.74) is 3.91. The Hall–Kier alpha value is -5.00. The Morgan fingerprint density at radius 1 is 0.902 bits per heavy atom. The first-order valence-electron chi connectivity index (χ1n) is 16.4. The number of anilines is 2. The third kappa shape index (κ3) is 5.00. The molecule has 1 saturated carbocycles. The molecule has 0 radical (unpaired) electrons. The molecule has 0 unspecified atom stereocenters. The third-order valence-corrected chi connectivity index (χ3v) is 11.7. The van der Waals surface area contributed by atoms with Gasteiger partial charge >= 0.3 is 0 Å². The summed E-state index contributed by atoms with van der Waals surface area (Å²) in [7, 11) is 1.43. The van der Waals surface area contributed by atoms with Crippen molar-refractivity contribution < 1.29 is 33.4 Å². The number of allylic oxidation sites excluding steroid dienone is 2. The van der Waals surface area contributed by atoms with Crippen molar-refractivity contribution in [2.75, 3.05) is 17.4 Å². The predicted molar refractivity (Wildman–Crippen MR) is 190 cm³/mol. The minimum Gasteiger partial charge on any atom is -0.504 e. The molecule has 51 heavy (non-hydrogen) atoms. The van der Waals surface area contributed by atoms with Crippen molar-refractivity contribution in [1.29, 1.82) is 0 Å². The number of rotatable bonds is 6. The summed E-state index contributed by atoms with van der Waals surface area (Å²) in [5, 5.41) is 12.5. The molecule has 2 heterocycles. The number of methoxy groups -OCH3 is 1. The maximum atomic E-state index is 15.2. The Morgan fingerprint density at radius 2 is 1.61 bits per heavy atom. The zero-order valence-corrected chi connectivity index (χ0v) is 29.4. The molecule has 2 saturated heterocycles. The first kappa shape index (κ1) is 33.2. The van der Waals surface area contributed by atoms with Crippen molar-refractivity contribution in [2.45, 2.75) is 24.2 Å². The summed E-state index contributed by atoms with van der Waals surface area (Å²) >= 11 is 9.76. The number of fused-ring (bicyclic) bond motifs is 4. The summed E-state index contributed by atoms with van der Waals surface area (Å²) in [4.78, 5) is 59.5. The summed E-state index contributed by atoms with van der Waals surface area (Å²) in [6.07, 6.45) is 2.27. The van der Waals surface area contributed by atoms with Gasteiger partial charge in [-0.1, -0.05) is 57.4 Å². The fraction of sp³-hybridized carbons (Fsp3) is 0.231. The monoisotopic (exact) mass is 769 g/mol. The highest BCUT2D eigenvalue weighted by atomic mass is 79.9. The average Bonchev–Trinajstić information content (AvgIpc) is 3.50. The molecular formula is C39H30BrClFN3O6. The van der Waals surface area contributed by atoms with Crippen LogP contribution < -0.4 is 15.1 Å². The molecule has 4 aromatic rings. The number of halogens is 3. The zero-order valence-electron chi connectivity index (χ0n) is 27.1. The molecule has 4 amide bonds. The molecule has 6 atom stereocenters. The highest BCUT2D eigenvalue weighted by Crippen LogP contribution is 2.64. The molecule has 9 nitrogen and oxygen atoms in total. The zero-order chi connectivity index (χ0) is 35.8. The maximum absolute atomic E-state index is 15.2. The molecular weight excluding hydrogens is 741 g/mol. The van der Waals surface area contributed by atoms with E-state index < -0.39 is 52.6 Å². The quantitative estimate of drug-likeness (QED) is 0.158. The second kappa shape index (κ2) is 12.3. The number of phenolic OH excluding ortho intramolecular Hbond substituents is 1. The van der Waals surface area contributed by atoms with E-state index in [0.717, 1.165) is 15.1 Å². The van der Waals surface area contributed by atoms with Crippen molar-refractivity contribution in [3.05, 3.63) is 129 Å². The fourth-order valence-corrected chi connectivity index (χ4v) is 9.15. The van der Waals surface area contributed by atoms with Crippen LogP contribution >= 0.6 is 27.5 Å². The van der Waals surface area contributed by atoms with Crippen LogP contribution in [-0.4, -0.2) is 40.9 Å². The van der Waals surface area contributed by atoms with E-state index in [1.165, 1.54) is 42.3 Å². The van der Waals surface area contributed by atoms with Crippen molar-refractivity contribution in [3.63, 3.8) is 0 Å². The summed E-state index contributed by atoms with van der Waals surface area (Å²) in [6, 6.07) is 23.9. The average molecular weight is 771 g/mol. The first-order chi connectivity index (χ1) is 24.5. The molecule has 2 aliphatic heterocycles. The number of phenols is 1. The van der Waals surface area contributed by atoms with Gasteiger partial charge in [-0.3, -0.25) is 29.5 Å². The number of hydrazine groups is 1. The van der Waals surface area contributed by atoms with Gasteiger partial charge < -0.3 is 9.84 Å². The first-order valence-corrected chi connectivity index (χ1v) is 17.6. The number of hydrogen-bond acceptors (Lipinski definition) is 7. The molecule has 0 spiro atoms. The summed E-state index contributed by atoms with van der Waals surface area (Å²) in [6.45, 7) is 0. The minimum atomic E-state index is -1.57. The topological polar surface area (TPSA) is 116 Å². The predicted octanol–water partition coefficient (Wildman–Crippen LogP) is 7.15. The molecule has 0 bridgehead atoms. The summed E-state index contributed by atoms with van der Waals surface area (Å²) < 4.78 is 20.0. The number of nitrogens with zero attached hydrogens (tertiary/aromatic N) is 2. The van der Waals surface area contributed by atoms with Crippen molar-refractivity contribution in [1.82, 2.24) is 5.01 Å². The van der Waals surface area contributed by atoms with Gasteiger partial charge in [0.1, 0.15) is 5.82 Å². The molecule has 258 valence electrons. The number of aromatic hydroxyl groups is 1. The number of nitrogens with one attached hydrogen (secondary N) is 1. The highest BCUT2D eigenvalue weighted by Gasteiger charge is 2.70. The van der Waals surface area contributed by atoms with Gasteiger partial charge in [-0.15, -0.1) is 0 Å². The smallest absolute Gasteiger partial charge is 0.260 e. The third-order valence-electron chi connectivity index (χ3n) is 10.9. The standard InChI is InChI=1S/C39H30BrClFN3O6/c1-51-32-17-2-20(18-31(32)46)34-27-15-16-28-33(37(49)44(35(28)47)26-13-5-22(40)6-14-26)29(27)19-30-36(48)45(43-25-11-9-24(42)10-12-25)38(50)39(30,34)21-3-7-23(41)8-4-21/h2-15,17-18,28-30,33-34,43,46H,16,19H2,1H3/t28-,29+,30-,33-,34-,39+/m0/s1. The van der Waals surface area contributed by atoms with Crippen LogP contribution in [-0.2, 0) is 24.6 Å². The van der Waals surface area contributed by atoms with Crippen molar-refractivity contribution in [2.24, 2.45) is 23.7 Å². The van der Waals surface area contributed by atoms with Crippen molar-refractivity contribution in [3.8, 4) is 11.5 Å². The van der Waals surface area contributed by atoms with Crippen LogP contribution in [0.4, 0.5) is 15.8 Å². The number of imide groups is 2. The molecule has 3 fully saturated rings. The van der Waals surface area contributed by atoms with E-state index in [1.807, 2.05) is 6.08 Å². The van der Waals surface area contributed by atoms with Gasteiger partial charge in [-0.25, -0.2) is 4.39 Å². The molecule has 4 aliphatic rings. The van der Waals surface area contributed by atoms with Crippen LogP contribution in [0.5, 0.6) is 11.5 Å². The Labute approximate surface area is 305 Å². The largest absolute Gasteiger partial charge is 0.504 e. The maximum Gasteiger partial charge on any atom is 0.260 e. The van der Waals surface area contributed by atoms with Gasteiger partial charge in [0, 0.05) is 15.4 Å². The lowest BCUT2D eigenvalue weighted by Crippen LogP contribution is -2.53. The van der Waals surface area contributed by atoms with Crippen LogP contribution in [0.1, 0.15) is 29.9 Å². The van der Waals surface area contributed by atoms with Crippen LogP contribution in [0.15, 0.2) is 107 Å². The fourth-order valence-electron chi connectivity index (χ4n) is 8.76. The highest BCUT2D eigenvalue weighted by molar-refractivity contribution is 9.10. The van der Waals surface area contributed by atoms with E-state index in [-0.39, 0.29) is 36.2 Å². The van der Waals surface area contributed by atoms with E-state index in [1.54, 1.807) is 60.7 Å². The Bertz CT molecular complexity index is 2140. The van der Waals surface area contributed by atoms with Gasteiger partial charge in [-0.05, 0) is 103 Å². The Balaban J connectivity index is 1.33. The number of amides is 4. The lowest BCUT2D eigenvalue weighted by Gasteiger charge is -2.50. The van der Waals surface area contributed by atoms with E-state index in [4.69, 9.17) is 16.3 Å². The number of carbonyl (C=O) groups excluding carboxylic acids is 4. The van der Waals surface area contributed by atoms with Crippen LogP contribution in [0.2, 0.25) is 5.02 Å². The van der Waals surface area contributed by atoms with Crippen LogP contribution in [0.25, 0.3) is 0 Å². The normalized spacial score (nSPS) is 26.8. The number of carbonyl (C=O) groups is 4. The van der Waals surface area contributed by atoms with E-state index in [0.29, 0.717) is 27.5 Å². The molecule has 0 aromatic heterocycles. The van der Waals surface area contributed by atoms with E-state index in [9.17, 15) is 23.9 Å².